The number of hydrogen-bond acceptors (Lipinski definition) is 10. The average molecular weight is 647 g/mol. The molecule has 3 amide bonds. The molecule has 0 saturated heterocycles. The Morgan fingerprint density at radius 3 is 2.46 bits per heavy atom. The standard InChI is InChI=1S/C25H23N7O3.C6H11NO3S/c1-31-21-10-7-18(25(34)32(13-11-24(33)30-35)22-4-2-3-12-27-22)14-20(21)29-23(31)16-28-19-8-5-17(15-26)6-9-19;1-4(8)7-5(3-11-2)6(9)10/h2-10,12,14-15,26,28H,11,13,16H2,1H3;5H,3H2,1-2H3,(H,7,8)(H,9,10). The van der Waals surface area contributed by atoms with Crippen molar-refractivity contribution in [3.63, 3.8) is 0 Å². The molecule has 0 saturated carbocycles. The van der Waals surface area contributed by atoms with Crippen molar-refractivity contribution >= 4 is 64.2 Å². The third-order valence-corrected chi connectivity index (χ3v) is 7.25. The van der Waals surface area contributed by atoms with E-state index in [1.165, 1.54) is 29.8 Å². The molecule has 0 aliphatic carbocycles. The summed E-state index contributed by atoms with van der Waals surface area (Å²) in [7, 11) is 1.91. The number of imidazole rings is 1. The Balaban J connectivity index is 0.000000449. The van der Waals surface area contributed by atoms with Crippen LogP contribution in [0.25, 0.3) is 11.0 Å². The number of aromatic nitrogens is 3. The molecule has 0 fully saturated rings. The summed E-state index contributed by atoms with van der Waals surface area (Å²) in [6.07, 6.45) is 4.43. The number of hydrogen-bond donors (Lipinski definition) is 4. The van der Waals surface area contributed by atoms with Gasteiger partial charge in [-0.15, -0.1) is 4.91 Å². The summed E-state index contributed by atoms with van der Waals surface area (Å²) in [4.78, 5) is 66.4. The number of anilines is 2. The third-order valence-electron chi connectivity index (χ3n) is 6.58. The monoisotopic (exact) mass is 646 g/mol. The molecule has 0 aliphatic rings. The first-order chi connectivity index (χ1) is 22.1. The largest absolute Gasteiger partial charge is 0.480 e. The van der Waals surface area contributed by atoms with Gasteiger partial charge in [-0.05, 0) is 54.3 Å². The molecule has 0 aliphatic heterocycles. The Labute approximate surface area is 269 Å². The van der Waals surface area contributed by atoms with E-state index >= 15 is 0 Å². The highest BCUT2D eigenvalue weighted by atomic mass is 32.2. The fourth-order valence-corrected chi connectivity index (χ4v) is 4.81. The van der Waals surface area contributed by atoms with Crippen molar-refractivity contribution in [2.45, 2.75) is 25.9 Å². The van der Waals surface area contributed by atoms with Crippen molar-refractivity contribution in [2.75, 3.05) is 28.8 Å². The SMILES string of the molecule is CSCC(NC(C)=O)C(=O)O.Cn1c(CNc2ccc(C=N)cc2)nc2cc(C(=O)N(CCC(=O)N=O)c3ccccn3)ccc21. The molecule has 0 bridgehead atoms. The van der Waals surface area contributed by atoms with Crippen molar-refractivity contribution in [3.05, 3.63) is 88.7 Å². The molecule has 2 aromatic carbocycles. The molecule has 4 aromatic rings. The van der Waals surface area contributed by atoms with E-state index < -0.39 is 17.9 Å². The van der Waals surface area contributed by atoms with Crippen LogP contribution >= 0.6 is 11.8 Å². The fourth-order valence-electron chi connectivity index (χ4n) is 4.25. The second-order valence-electron chi connectivity index (χ2n) is 9.84. The summed E-state index contributed by atoms with van der Waals surface area (Å²) in [6, 6.07) is 17.1. The van der Waals surface area contributed by atoms with E-state index in [9.17, 15) is 24.1 Å². The van der Waals surface area contributed by atoms with E-state index in [2.05, 4.69) is 20.8 Å². The van der Waals surface area contributed by atoms with Gasteiger partial charge in [0, 0.05) is 55.1 Å². The molecule has 0 radical (unpaired) electrons. The molecule has 240 valence electrons. The van der Waals surface area contributed by atoms with Gasteiger partial charge in [0.25, 0.3) is 11.8 Å². The number of nitrogens with zero attached hydrogens (tertiary/aromatic N) is 5. The zero-order valence-electron chi connectivity index (χ0n) is 25.5. The molecule has 0 spiro atoms. The average Bonchev–Trinajstić information content (AvgIpc) is 3.38. The van der Waals surface area contributed by atoms with E-state index in [1.54, 1.807) is 42.8 Å². The van der Waals surface area contributed by atoms with Gasteiger partial charge in [0.05, 0.1) is 24.0 Å². The van der Waals surface area contributed by atoms with E-state index in [4.69, 9.17) is 15.5 Å². The van der Waals surface area contributed by atoms with Crippen LogP contribution in [0.15, 0.2) is 72.0 Å². The number of fused-ring (bicyclic) bond motifs is 1. The van der Waals surface area contributed by atoms with Gasteiger partial charge in [0.15, 0.2) is 0 Å². The molecular weight excluding hydrogens is 612 g/mol. The van der Waals surface area contributed by atoms with Gasteiger partial charge in [0.1, 0.15) is 17.7 Å². The number of nitrogens with one attached hydrogen (secondary N) is 3. The number of pyridine rings is 1. The van der Waals surface area contributed by atoms with Crippen molar-refractivity contribution in [1.29, 1.82) is 5.41 Å². The topological polar surface area (TPSA) is 200 Å². The minimum Gasteiger partial charge on any atom is -0.480 e. The predicted molar refractivity (Wildman–Crippen MR) is 177 cm³/mol. The maximum atomic E-state index is 13.3. The zero-order chi connectivity index (χ0) is 33.6. The van der Waals surface area contributed by atoms with Crippen molar-refractivity contribution in [3.8, 4) is 0 Å². The lowest BCUT2D eigenvalue weighted by Crippen LogP contribution is -2.41. The van der Waals surface area contributed by atoms with Crippen LogP contribution in [0.4, 0.5) is 11.5 Å². The van der Waals surface area contributed by atoms with Gasteiger partial charge in [-0.1, -0.05) is 18.2 Å². The summed E-state index contributed by atoms with van der Waals surface area (Å²) < 4.78 is 1.95. The van der Waals surface area contributed by atoms with Crippen molar-refractivity contribution in [1.82, 2.24) is 19.9 Å². The Morgan fingerprint density at radius 1 is 1.13 bits per heavy atom. The Hall–Kier alpha value is -5.44. The molecule has 4 N–H and O–H groups in total. The first kappa shape index (κ1) is 35.0. The molecule has 15 heteroatoms. The van der Waals surface area contributed by atoms with Crippen LogP contribution < -0.4 is 15.5 Å². The van der Waals surface area contributed by atoms with E-state index in [1.807, 2.05) is 41.9 Å². The Bertz CT molecular complexity index is 1690. The lowest BCUT2D eigenvalue weighted by molar-refractivity contribution is -0.140. The summed E-state index contributed by atoms with van der Waals surface area (Å²) in [5.41, 5.74) is 3.63. The van der Waals surface area contributed by atoms with Crippen LogP contribution in [0.2, 0.25) is 0 Å². The number of carbonyl (C=O) groups is 4. The van der Waals surface area contributed by atoms with Crippen molar-refractivity contribution < 1.29 is 24.3 Å². The normalized spacial score (nSPS) is 11.0. The van der Waals surface area contributed by atoms with Crippen LogP contribution in [0.1, 0.15) is 35.1 Å². The smallest absolute Gasteiger partial charge is 0.327 e. The minimum absolute atomic E-state index is 0.0212. The van der Waals surface area contributed by atoms with Crippen LogP contribution in [-0.4, -0.2) is 74.1 Å². The Morgan fingerprint density at radius 2 is 1.87 bits per heavy atom. The zero-order valence-corrected chi connectivity index (χ0v) is 26.3. The highest BCUT2D eigenvalue weighted by Gasteiger charge is 2.21. The number of carboxylic acids is 1. The quantitative estimate of drug-likeness (QED) is 0.122. The molecule has 4 rings (SSSR count). The van der Waals surface area contributed by atoms with E-state index in [-0.39, 0.29) is 24.8 Å². The summed E-state index contributed by atoms with van der Waals surface area (Å²) in [5, 5.41) is 23.9. The number of carboxylic acid groups (broad SMARTS) is 1. The molecule has 14 nitrogen and oxygen atoms in total. The number of thioether (sulfide) groups is 1. The van der Waals surface area contributed by atoms with Crippen LogP contribution in [0, 0.1) is 10.3 Å². The van der Waals surface area contributed by atoms with Gasteiger partial charge in [-0.2, -0.15) is 11.8 Å². The van der Waals surface area contributed by atoms with E-state index in [0.29, 0.717) is 29.2 Å². The maximum absolute atomic E-state index is 13.3. The lowest BCUT2D eigenvalue weighted by atomic mass is 10.1. The highest BCUT2D eigenvalue weighted by Crippen LogP contribution is 2.21. The number of benzene rings is 2. The molecule has 1 unspecified atom stereocenters. The van der Waals surface area contributed by atoms with Gasteiger partial charge < -0.3 is 25.7 Å². The molecule has 46 heavy (non-hydrogen) atoms. The number of nitroso groups, excluding NO2 is 1. The third kappa shape index (κ3) is 9.79. The molecular formula is C31H34N8O6S. The van der Waals surface area contributed by atoms with Crippen LogP contribution in [-0.2, 0) is 28.0 Å². The van der Waals surface area contributed by atoms with Gasteiger partial charge >= 0.3 is 5.97 Å². The number of aryl methyl sites for hydroxylation is 1. The van der Waals surface area contributed by atoms with Crippen LogP contribution in [0.5, 0.6) is 0 Å². The van der Waals surface area contributed by atoms with E-state index in [0.717, 1.165) is 22.6 Å². The number of aliphatic carboxylic acids is 1. The predicted octanol–water partition coefficient (Wildman–Crippen LogP) is 3.85. The minimum atomic E-state index is -0.991. The fraction of sp³-hybridized carbons (Fsp3) is 0.258. The number of carbonyl (C=O) groups excluding carboxylic acids is 3. The highest BCUT2D eigenvalue weighted by molar-refractivity contribution is 7.98. The van der Waals surface area contributed by atoms with Gasteiger partial charge in [-0.25, -0.2) is 14.8 Å². The van der Waals surface area contributed by atoms with Gasteiger partial charge in [-0.3, -0.25) is 19.3 Å². The second kappa shape index (κ2) is 17.2. The first-order valence-electron chi connectivity index (χ1n) is 14.0. The number of rotatable bonds is 13. The summed E-state index contributed by atoms with van der Waals surface area (Å²) in [5.74, 6) is -0.943. The van der Waals surface area contributed by atoms with Crippen LogP contribution in [0.3, 0.4) is 0 Å². The molecule has 1 atom stereocenters. The van der Waals surface area contributed by atoms with Gasteiger partial charge in [0.2, 0.25) is 5.91 Å². The summed E-state index contributed by atoms with van der Waals surface area (Å²) in [6.45, 7) is 1.75. The second-order valence-corrected chi connectivity index (χ2v) is 10.7. The first-order valence-corrected chi connectivity index (χ1v) is 15.3. The lowest BCUT2D eigenvalue weighted by Gasteiger charge is -2.21. The molecule has 2 aromatic heterocycles. The maximum Gasteiger partial charge on any atom is 0.327 e. The summed E-state index contributed by atoms with van der Waals surface area (Å²) >= 11 is 1.38. The molecule has 2 heterocycles. The Kier molecular flexibility index (Phi) is 13.1. The van der Waals surface area contributed by atoms with Crippen molar-refractivity contribution in [2.24, 2.45) is 12.2 Å². The number of amides is 3.